The molecule has 1 saturated carbocycles. The third kappa shape index (κ3) is 2.23. The monoisotopic (exact) mass is 229 g/mol. The number of halogens is 1. The first kappa shape index (κ1) is 12.7. The normalized spacial score (nSPS) is 27.4. The van der Waals surface area contributed by atoms with E-state index < -0.39 is 35.0 Å². The topological polar surface area (TPSA) is 66.4 Å². The molecule has 0 bridgehead atoms. The largest absolute Gasteiger partial charge is 0.550 e. The molecule has 5 heteroatoms. The molecule has 0 N–H and O–H groups in total. The Morgan fingerprint density at radius 1 is 1.50 bits per heavy atom. The van der Waals surface area contributed by atoms with E-state index in [2.05, 4.69) is 4.74 Å². The third-order valence-corrected chi connectivity index (χ3v) is 2.96. The summed E-state index contributed by atoms with van der Waals surface area (Å²) in [6, 6.07) is 0. The SMILES string of the molecule is CCOC(=O)/C(F)=C/C1C(C(=O)[O-])C1(C)C. The fraction of sp³-hybridized carbons (Fsp3) is 0.636. The average Bonchev–Trinajstić information content (AvgIpc) is 2.68. The number of allylic oxidation sites excluding steroid dienone is 1. The molecule has 4 nitrogen and oxygen atoms in total. The van der Waals surface area contributed by atoms with Crippen LogP contribution in [0.5, 0.6) is 0 Å². The summed E-state index contributed by atoms with van der Waals surface area (Å²) in [6.07, 6.45) is 1.01. The van der Waals surface area contributed by atoms with Gasteiger partial charge in [0.1, 0.15) is 0 Å². The van der Waals surface area contributed by atoms with Gasteiger partial charge in [-0.05, 0) is 24.3 Å². The molecule has 0 amide bonds. The van der Waals surface area contributed by atoms with E-state index in [1.807, 2.05) is 0 Å². The van der Waals surface area contributed by atoms with Crippen LogP contribution in [0.3, 0.4) is 0 Å². The molecule has 1 fully saturated rings. The fourth-order valence-electron chi connectivity index (χ4n) is 1.86. The van der Waals surface area contributed by atoms with E-state index in [0.29, 0.717) is 0 Å². The van der Waals surface area contributed by atoms with Crippen LogP contribution in [0.25, 0.3) is 0 Å². The minimum absolute atomic E-state index is 0.0814. The summed E-state index contributed by atoms with van der Waals surface area (Å²) < 4.78 is 17.7. The third-order valence-electron chi connectivity index (χ3n) is 2.96. The number of carboxylic acid groups (broad SMARTS) is 1. The van der Waals surface area contributed by atoms with Crippen LogP contribution in [0, 0.1) is 17.3 Å². The minimum Gasteiger partial charge on any atom is -0.550 e. The van der Waals surface area contributed by atoms with Crippen molar-refractivity contribution in [1.29, 1.82) is 0 Å². The second-order valence-electron chi connectivity index (χ2n) is 4.38. The molecule has 90 valence electrons. The van der Waals surface area contributed by atoms with Crippen molar-refractivity contribution in [2.75, 3.05) is 6.61 Å². The number of ether oxygens (including phenoxy) is 1. The summed E-state index contributed by atoms with van der Waals surface area (Å²) in [7, 11) is 0. The van der Waals surface area contributed by atoms with Gasteiger partial charge in [-0.2, -0.15) is 4.39 Å². The lowest BCUT2D eigenvalue weighted by molar-refractivity contribution is -0.309. The summed E-state index contributed by atoms with van der Waals surface area (Å²) in [4.78, 5) is 21.7. The van der Waals surface area contributed by atoms with Crippen LogP contribution in [0.15, 0.2) is 11.9 Å². The van der Waals surface area contributed by atoms with E-state index in [1.54, 1.807) is 20.8 Å². The van der Waals surface area contributed by atoms with Crippen LogP contribution in [0.4, 0.5) is 4.39 Å². The van der Waals surface area contributed by atoms with Crippen molar-refractivity contribution >= 4 is 11.9 Å². The summed E-state index contributed by atoms with van der Waals surface area (Å²) >= 11 is 0. The van der Waals surface area contributed by atoms with E-state index in [9.17, 15) is 19.1 Å². The van der Waals surface area contributed by atoms with E-state index in [4.69, 9.17) is 0 Å². The van der Waals surface area contributed by atoms with Gasteiger partial charge < -0.3 is 14.6 Å². The lowest BCUT2D eigenvalue weighted by Gasteiger charge is -2.01. The Morgan fingerprint density at radius 3 is 2.44 bits per heavy atom. The molecule has 16 heavy (non-hydrogen) atoms. The van der Waals surface area contributed by atoms with Crippen LogP contribution in [-0.4, -0.2) is 18.5 Å². The van der Waals surface area contributed by atoms with E-state index >= 15 is 0 Å². The highest BCUT2D eigenvalue weighted by atomic mass is 19.1. The quantitative estimate of drug-likeness (QED) is 0.517. The predicted molar refractivity (Wildman–Crippen MR) is 51.6 cm³/mol. The van der Waals surface area contributed by atoms with E-state index in [-0.39, 0.29) is 6.61 Å². The number of carbonyl (C=O) groups excluding carboxylic acids is 2. The van der Waals surface area contributed by atoms with Gasteiger partial charge in [-0.3, -0.25) is 0 Å². The van der Waals surface area contributed by atoms with Crippen LogP contribution in [-0.2, 0) is 14.3 Å². The summed E-state index contributed by atoms with van der Waals surface area (Å²) in [6.45, 7) is 5.02. The highest BCUT2D eigenvalue weighted by Gasteiger charge is 2.57. The van der Waals surface area contributed by atoms with Crippen molar-refractivity contribution in [3.8, 4) is 0 Å². The zero-order valence-electron chi connectivity index (χ0n) is 9.45. The summed E-state index contributed by atoms with van der Waals surface area (Å²) in [5, 5.41) is 10.7. The van der Waals surface area contributed by atoms with Gasteiger partial charge in [0.15, 0.2) is 0 Å². The molecule has 1 rings (SSSR count). The molecular formula is C11H14FO4-. The van der Waals surface area contributed by atoms with Gasteiger partial charge in [0.05, 0.1) is 6.61 Å². The molecule has 2 atom stereocenters. The Hall–Kier alpha value is -1.39. The minimum atomic E-state index is -1.22. The van der Waals surface area contributed by atoms with Crippen molar-refractivity contribution in [2.24, 2.45) is 17.3 Å². The zero-order valence-corrected chi connectivity index (χ0v) is 9.45. The first-order chi connectivity index (χ1) is 7.32. The van der Waals surface area contributed by atoms with Gasteiger partial charge in [0, 0.05) is 11.9 Å². The number of hydrogen-bond donors (Lipinski definition) is 0. The molecule has 0 aromatic rings. The van der Waals surface area contributed by atoms with Gasteiger partial charge in [0.25, 0.3) is 0 Å². The number of carbonyl (C=O) groups is 2. The first-order valence-electron chi connectivity index (χ1n) is 5.07. The predicted octanol–water partition coefficient (Wildman–Crippen LogP) is 0.425. The van der Waals surface area contributed by atoms with Crippen molar-refractivity contribution in [3.05, 3.63) is 11.9 Å². The Labute approximate surface area is 93.1 Å². The van der Waals surface area contributed by atoms with Gasteiger partial charge in [-0.25, -0.2) is 4.79 Å². The van der Waals surface area contributed by atoms with Crippen LogP contribution < -0.4 is 5.11 Å². The van der Waals surface area contributed by atoms with Gasteiger partial charge >= 0.3 is 5.97 Å². The highest BCUT2D eigenvalue weighted by molar-refractivity contribution is 5.86. The van der Waals surface area contributed by atoms with Crippen molar-refractivity contribution < 1.29 is 23.8 Å². The molecule has 0 saturated heterocycles. The number of carboxylic acids is 1. The maximum Gasteiger partial charge on any atom is 0.366 e. The Balaban J connectivity index is 2.72. The summed E-state index contributed by atoms with van der Waals surface area (Å²) in [5.41, 5.74) is -0.567. The summed E-state index contributed by atoms with van der Waals surface area (Å²) in [5.74, 6) is -4.57. The number of hydrogen-bond acceptors (Lipinski definition) is 4. The standard InChI is InChI=1S/C11H15FO4/c1-4-16-10(15)7(12)5-6-8(9(13)14)11(6,2)3/h5-6,8H,4H2,1-3H3,(H,13,14)/p-1/b7-5-. The van der Waals surface area contributed by atoms with Crippen molar-refractivity contribution in [3.63, 3.8) is 0 Å². The van der Waals surface area contributed by atoms with Crippen LogP contribution >= 0.6 is 0 Å². The molecule has 2 unspecified atom stereocenters. The Bertz CT molecular complexity index is 346. The number of esters is 1. The second-order valence-corrected chi connectivity index (χ2v) is 4.38. The van der Waals surface area contributed by atoms with Crippen LogP contribution in [0.1, 0.15) is 20.8 Å². The molecule has 0 aromatic heterocycles. The average molecular weight is 229 g/mol. The molecule has 0 heterocycles. The maximum absolute atomic E-state index is 13.2. The van der Waals surface area contributed by atoms with E-state index in [1.165, 1.54) is 0 Å². The molecule has 0 spiro atoms. The van der Waals surface area contributed by atoms with Gasteiger partial charge in [-0.1, -0.05) is 13.8 Å². The number of rotatable bonds is 4. The van der Waals surface area contributed by atoms with E-state index in [0.717, 1.165) is 6.08 Å². The second kappa shape index (κ2) is 4.23. The smallest absolute Gasteiger partial charge is 0.366 e. The first-order valence-corrected chi connectivity index (χ1v) is 5.07. The lowest BCUT2D eigenvalue weighted by atomic mass is 10.1. The molecular weight excluding hydrogens is 215 g/mol. The number of aliphatic carboxylic acids is 1. The molecule has 0 aromatic carbocycles. The Kier molecular flexibility index (Phi) is 3.35. The highest BCUT2D eigenvalue weighted by Crippen LogP contribution is 2.59. The van der Waals surface area contributed by atoms with Gasteiger partial charge in [-0.15, -0.1) is 0 Å². The van der Waals surface area contributed by atoms with Crippen molar-refractivity contribution in [2.45, 2.75) is 20.8 Å². The van der Waals surface area contributed by atoms with Crippen LogP contribution in [0.2, 0.25) is 0 Å². The zero-order chi connectivity index (χ0) is 12.5. The molecule has 0 aliphatic heterocycles. The van der Waals surface area contributed by atoms with Gasteiger partial charge in [0.2, 0.25) is 5.83 Å². The molecule has 0 radical (unpaired) electrons. The lowest BCUT2D eigenvalue weighted by Crippen LogP contribution is -2.26. The Morgan fingerprint density at radius 2 is 2.06 bits per heavy atom. The molecule has 1 aliphatic rings. The maximum atomic E-state index is 13.2. The fourth-order valence-corrected chi connectivity index (χ4v) is 1.86. The van der Waals surface area contributed by atoms with Crippen molar-refractivity contribution in [1.82, 2.24) is 0 Å². The molecule has 1 aliphatic carbocycles.